The molecule has 6 nitrogen and oxygen atoms in total. The smallest absolute Gasteiger partial charge is 0.293 e. The van der Waals surface area contributed by atoms with Crippen LogP contribution in [0.1, 0.15) is 27.4 Å². The zero-order valence-corrected chi connectivity index (χ0v) is 11.7. The molecule has 3 heterocycles. The summed E-state index contributed by atoms with van der Waals surface area (Å²) in [6.07, 6.45) is 2.58. The first-order valence-electron chi connectivity index (χ1n) is 6.78. The fraction of sp³-hybridized carbons (Fsp3) is 0.267. The summed E-state index contributed by atoms with van der Waals surface area (Å²) in [4.78, 5) is 22.2. The molecule has 21 heavy (non-hydrogen) atoms. The van der Waals surface area contributed by atoms with E-state index < -0.39 is 5.91 Å². The lowest BCUT2D eigenvalue weighted by Gasteiger charge is -2.30. The molecule has 1 aliphatic heterocycles. The third-order valence-corrected chi connectivity index (χ3v) is 3.63. The molecule has 0 saturated carbocycles. The van der Waals surface area contributed by atoms with Crippen LogP contribution in [0.5, 0.6) is 0 Å². The van der Waals surface area contributed by atoms with Gasteiger partial charge in [-0.1, -0.05) is 6.07 Å². The van der Waals surface area contributed by atoms with E-state index >= 15 is 0 Å². The molecular formula is C15H16N4O2. The molecule has 6 heteroatoms. The van der Waals surface area contributed by atoms with E-state index in [0.717, 1.165) is 42.1 Å². The van der Waals surface area contributed by atoms with E-state index in [9.17, 15) is 4.79 Å². The highest BCUT2D eigenvalue weighted by molar-refractivity contribution is 5.91. The predicted octanol–water partition coefficient (Wildman–Crippen LogP) is 1.47. The fourth-order valence-corrected chi connectivity index (χ4v) is 2.55. The Morgan fingerprint density at radius 1 is 1.38 bits per heavy atom. The van der Waals surface area contributed by atoms with Gasteiger partial charge >= 0.3 is 0 Å². The molecule has 0 bridgehead atoms. The van der Waals surface area contributed by atoms with Gasteiger partial charge in [0.05, 0.1) is 0 Å². The second-order valence-electron chi connectivity index (χ2n) is 5.07. The van der Waals surface area contributed by atoms with Crippen LogP contribution in [0.3, 0.4) is 0 Å². The molecule has 0 spiro atoms. The average Bonchev–Trinajstić information content (AvgIpc) is 2.53. The Morgan fingerprint density at radius 3 is 3.00 bits per heavy atom. The first kappa shape index (κ1) is 13.5. The van der Waals surface area contributed by atoms with Crippen molar-refractivity contribution in [3.63, 3.8) is 0 Å². The van der Waals surface area contributed by atoms with Crippen LogP contribution in [0.25, 0.3) is 0 Å². The van der Waals surface area contributed by atoms with Crippen LogP contribution in [-0.2, 0) is 13.0 Å². The molecule has 2 N–H and O–H groups in total. The van der Waals surface area contributed by atoms with Crippen molar-refractivity contribution >= 4 is 11.6 Å². The minimum Gasteiger partial charge on any atom is -0.367 e. The Hall–Kier alpha value is -2.47. The van der Waals surface area contributed by atoms with E-state index in [1.807, 2.05) is 25.3 Å². The van der Waals surface area contributed by atoms with Crippen LogP contribution < -0.4 is 10.4 Å². The number of aryl methyl sites for hydroxylation is 1. The van der Waals surface area contributed by atoms with Gasteiger partial charge in [0.1, 0.15) is 5.69 Å². The summed E-state index contributed by atoms with van der Waals surface area (Å²) in [6, 6.07) is 7.59. The van der Waals surface area contributed by atoms with Gasteiger partial charge in [0, 0.05) is 42.8 Å². The number of carbonyl (C=O) groups is 1. The van der Waals surface area contributed by atoms with Gasteiger partial charge < -0.3 is 4.90 Å². The largest absolute Gasteiger partial charge is 0.367 e. The van der Waals surface area contributed by atoms with E-state index in [1.54, 1.807) is 11.5 Å². The van der Waals surface area contributed by atoms with Gasteiger partial charge in [-0.25, -0.2) is 10.5 Å². The van der Waals surface area contributed by atoms with E-state index in [0.29, 0.717) is 0 Å². The first-order valence-corrected chi connectivity index (χ1v) is 6.78. The Bertz CT molecular complexity index is 687. The SMILES string of the molecule is Cc1cc(N2CCc3nc(C(=O)NO)ccc3C2)ccn1. The van der Waals surface area contributed by atoms with E-state index in [1.165, 1.54) is 0 Å². The van der Waals surface area contributed by atoms with Gasteiger partial charge in [0.2, 0.25) is 0 Å². The molecule has 0 unspecified atom stereocenters. The molecule has 0 fully saturated rings. The van der Waals surface area contributed by atoms with Crippen molar-refractivity contribution in [2.45, 2.75) is 19.9 Å². The lowest BCUT2D eigenvalue weighted by atomic mass is 10.0. The standard InChI is InChI=1S/C15H16N4O2/c1-10-8-12(4-6-16-10)19-7-5-13-11(9-19)2-3-14(17-13)15(20)18-21/h2-4,6,8,21H,5,7,9H2,1H3,(H,18,20). The number of amides is 1. The molecule has 2 aromatic rings. The maximum atomic E-state index is 11.4. The third-order valence-electron chi connectivity index (χ3n) is 3.63. The number of nitrogens with one attached hydrogen (secondary N) is 1. The lowest BCUT2D eigenvalue weighted by Crippen LogP contribution is -2.32. The molecular weight excluding hydrogens is 268 g/mol. The number of aromatic nitrogens is 2. The van der Waals surface area contributed by atoms with Crippen molar-refractivity contribution < 1.29 is 10.0 Å². The molecule has 1 aliphatic rings. The lowest BCUT2D eigenvalue weighted by molar-refractivity contribution is 0.0700. The average molecular weight is 284 g/mol. The van der Waals surface area contributed by atoms with Crippen LogP contribution in [0, 0.1) is 6.92 Å². The van der Waals surface area contributed by atoms with E-state index in [2.05, 4.69) is 20.9 Å². The number of nitrogens with zero attached hydrogens (tertiary/aromatic N) is 3. The van der Waals surface area contributed by atoms with Crippen molar-refractivity contribution in [2.24, 2.45) is 0 Å². The van der Waals surface area contributed by atoms with Crippen molar-refractivity contribution in [1.82, 2.24) is 15.4 Å². The zero-order chi connectivity index (χ0) is 14.8. The number of hydrogen-bond donors (Lipinski definition) is 2. The number of pyridine rings is 2. The molecule has 108 valence electrons. The number of rotatable bonds is 2. The molecule has 0 saturated heterocycles. The Kier molecular flexibility index (Phi) is 3.53. The first-order chi connectivity index (χ1) is 10.2. The highest BCUT2D eigenvalue weighted by Gasteiger charge is 2.19. The van der Waals surface area contributed by atoms with Crippen molar-refractivity contribution in [3.05, 3.63) is 53.1 Å². The maximum Gasteiger partial charge on any atom is 0.293 e. The van der Waals surface area contributed by atoms with Crippen LogP contribution in [0.2, 0.25) is 0 Å². The fourth-order valence-electron chi connectivity index (χ4n) is 2.55. The van der Waals surface area contributed by atoms with Crippen molar-refractivity contribution in [2.75, 3.05) is 11.4 Å². The Balaban J connectivity index is 1.85. The summed E-state index contributed by atoms with van der Waals surface area (Å²) in [7, 11) is 0. The van der Waals surface area contributed by atoms with Crippen LogP contribution in [0.4, 0.5) is 5.69 Å². The molecule has 3 rings (SSSR count). The summed E-state index contributed by atoms with van der Waals surface area (Å²) in [5.74, 6) is -0.579. The monoisotopic (exact) mass is 284 g/mol. The summed E-state index contributed by atoms with van der Waals surface area (Å²) in [5.41, 5.74) is 6.00. The number of carbonyl (C=O) groups excluding carboxylic acids is 1. The highest BCUT2D eigenvalue weighted by Crippen LogP contribution is 2.23. The molecule has 0 aliphatic carbocycles. The Morgan fingerprint density at radius 2 is 2.24 bits per heavy atom. The molecule has 0 aromatic carbocycles. The topological polar surface area (TPSA) is 78.4 Å². The summed E-state index contributed by atoms with van der Waals surface area (Å²) in [5, 5.41) is 8.66. The van der Waals surface area contributed by atoms with Gasteiger partial charge in [-0.2, -0.15) is 0 Å². The number of anilines is 1. The van der Waals surface area contributed by atoms with Crippen molar-refractivity contribution in [3.8, 4) is 0 Å². The van der Waals surface area contributed by atoms with Crippen LogP contribution >= 0.6 is 0 Å². The van der Waals surface area contributed by atoms with Gasteiger partial charge in [-0.15, -0.1) is 0 Å². The maximum absolute atomic E-state index is 11.4. The second kappa shape index (κ2) is 5.49. The van der Waals surface area contributed by atoms with Crippen LogP contribution in [0.15, 0.2) is 30.5 Å². The summed E-state index contributed by atoms with van der Waals surface area (Å²) >= 11 is 0. The molecule has 1 amide bonds. The zero-order valence-electron chi connectivity index (χ0n) is 11.7. The highest BCUT2D eigenvalue weighted by atomic mass is 16.5. The van der Waals surface area contributed by atoms with Crippen molar-refractivity contribution in [1.29, 1.82) is 0 Å². The summed E-state index contributed by atoms with van der Waals surface area (Å²) in [6.45, 7) is 3.57. The molecule has 2 aromatic heterocycles. The minimum atomic E-state index is -0.579. The molecule has 0 radical (unpaired) electrons. The van der Waals surface area contributed by atoms with Gasteiger partial charge in [-0.3, -0.25) is 15.0 Å². The quantitative estimate of drug-likeness (QED) is 0.645. The number of hydroxylamine groups is 1. The summed E-state index contributed by atoms with van der Waals surface area (Å²) < 4.78 is 0. The van der Waals surface area contributed by atoms with E-state index in [4.69, 9.17) is 5.21 Å². The normalized spacial score (nSPS) is 13.7. The molecule has 0 atom stereocenters. The predicted molar refractivity (Wildman–Crippen MR) is 77.2 cm³/mol. The van der Waals surface area contributed by atoms with Gasteiger partial charge in [0.25, 0.3) is 5.91 Å². The van der Waals surface area contributed by atoms with Gasteiger partial charge in [-0.05, 0) is 30.7 Å². The van der Waals surface area contributed by atoms with Crippen LogP contribution in [-0.4, -0.2) is 27.6 Å². The second-order valence-corrected chi connectivity index (χ2v) is 5.07. The number of fused-ring (bicyclic) bond motifs is 1. The number of hydrogen-bond acceptors (Lipinski definition) is 5. The Labute approximate surface area is 122 Å². The minimum absolute atomic E-state index is 0.240. The van der Waals surface area contributed by atoms with E-state index in [-0.39, 0.29) is 5.69 Å². The van der Waals surface area contributed by atoms with Gasteiger partial charge in [0.15, 0.2) is 0 Å². The third kappa shape index (κ3) is 2.71.